The standard InChI is InChI=1S/C15H20F2N2O/c1-19-8-9(7-18)5-13(19)14-12(17)6-11(16)10-3-2-4-20-15(10)14/h6,9,13H,2-5,7-8,18H2,1H3. The van der Waals surface area contributed by atoms with Gasteiger partial charge in [-0.15, -0.1) is 0 Å². The Kier molecular flexibility index (Phi) is 3.65. The quantitative estimate of drug-likeness (QED) is 0.904. The van der Waals surface area contributed by atoms with E-state index in [-0.39, 0.29) is 6.04 Å². The monoisotopic (exact) mass is 282 g/mol. The summed E-state index contributed by atoms with van der Waals surface area (Å²) in [6.45, 7) is 1.96. The van der Waals surface area contributed by atoms with Crippen LogP contribution in [0.25, 0.3) is 0 Å². The van der Waals surface area contributed by atoms with Gasteiger partial charge in [0.05, 0.1) is 6.61 Å². The zero-order valence-corrected chi connectivity index (χ0v) is 11.7. The third-order valence-electron chi connectivity index (χ3n) is 4.44. The largest absolute Gasteiger partial charge is 0.493 e. The highest BCUT2D eigenvalue weighted by Crippen LogP contribution is 2.43. The minimum Gasteiger partial charge on any atom is -0.493 e. The van der Waals surface area contributed by atoms with Crippen molar-refractivity contribution < 1.29 is 13.5 Å². The SMILES string of the molecule is CN1CC(CN)CC1c1c(F)cc(F)c2c1OCCC2. The van der Waals surface area contributed by atoms with Crippen molar-refractivity contribution in [3.63, 3.8) is 0 Å². The molecule has 1 aromatic carbocycles. The molecule has 5 heteroatoms. The van der Waals surface area contributed by atoms with Crippen LogP contribution in [-0.2, 0) is 6.42 Å². The molecule has 2 atom stereocenters. The molecule has 0 radical (unpaired) electrons. The Balaban J connectivity index is 2.05. The van der Waals surface area contributed by atoms with Crippen LogP contribution >= 0.6 is 0 Å². The Morgan fingerprint density at radius 2 is 2.20 bits per heavy atom. The molecular weight excluding hydrogens is 262 g/mol. The molecule has 2 aliphatic heterocycles. The zero-order chi connectivity index (χ0) is 14.3. The molecule has 2 unspecified atom stereocenters. The maximum Gasteiger partial charge on any atom is 0.134 e. The van der Waals surface area contributed by atoms with Gasteiger partial charge in [0.15, 0.2) is 0 Å². The Hall–Kier alpha value is -1.20. The molecule has 2 aliphatic rings. The van der Waals surface area contributed by atoms with Crippen LogP contribution in [0, 0.1) is 17.6 Å². The van der Waals surface area contributed by atoms with Gasteiger partial charge < -0.3 is 10.5 Å². The van der Waals surface area contributed by atoms with Crippen molar-refractivity contribution in [3.05, 3.63) is 28.8 Å². The van der Waals surface area contributed by atoms with E-state index in [1.807, 2.05) is 7.05 Å². The van der Waals surface area contributed by atoms with Crippen LogP contribution in [0.15, 0.2) is 6.07 Å². The van der Waals surface area contributed by atoms with E-state index in [4.69, 9.17) is 10.5 Å². The van der Waals surface area contributed by atoms with E-state index in [1.165, 1.54) is 0 Å². The van der Waals surface area contributed by atoms with Crippen molar-refractivity contribution in [2.45, 2.75) is 25.3 Å². The lowest BCUT2D eigenvalue weighted by Gasteiger charge is -2.27. The molecule has 2 N–H and O–H groups in total. The van der Waals surface area contributed by atoms with E-state index < -0.39 is 11.6 Å². The molecule has 0 aliphatic carbocycles. The molecule has 0 bridgehead atoms. The maximum atomic E-state index is 14.3. The molecule has 110 valence electrons. The van der Waals surface area contributed by atoms with Gasteiger partial charge >= 0.3 is 0 Å². The number of nitrogens with two attached hydrogens (primary N) is 1. The fraction of sp³-hybridized carbons (Fsp3) is 0.600. The topological polar surface area (TPSA) is 38.5 Å². The number of hydrogen-bond donors (Lipinski definition) is 1. The summed E-state index contributed by atoms with van der Waals surface area (Å²) in [6, 6.07) is 0.933. The van der Waals surface area contributed by atoms with E-state index >= 15 is 0 Å². The summed E-state index contributed by atoms with van der Waals surface area (Å²) >= 11 is 0. The second-order valence-electron chi connectivity index (χ2n) is 5.81. The van der Waals surface area contributed by atoms with Crippen LogP contribution in [-0.4, -0.2) is 31.6 Å². The third kappa shape index (κ3) is 2.19. The summed E-state index contributed by atoms with van der Waals surface area (Å²) in [4.78, 5) is 2.09. The molecule has 0 amide bonds. The molecule has 0 spiro atoms. The summed E-state index contributed by atoms with van der Waals surface area (Å²) in [5.74, 6) is -0.202. The van der Waals surface area contributed by atoms with Crippen LogP contribution in [0.4, 0.5) is 8.78 Å². The molecule has 1 fully saturated rings. The first-order valence-electron chi connectivity index (χ1n) is 7.15. The number of fused-ring (bicyclic) bond motifs is 1. The smallest absolute Gasteiger partial charge is 0.134 e. The maximum absolute atomic E-state index is 14.3. The lowest BCUT2D eigenvalue weighted by atomic mass is 9.94. The van der Waals surface area contributed by atoms with Crippen molar-refractivity contribution in [2.75, 3.05) is 26.7 Å². The lowest BCUT2D eigenvalue weighted by molar-refractivity contribution is 0.255. The fourth-order valence-electron chi connectivity index (χ4n) is 3.40. The predicted molar refractivity (Wildman–Crippen MR) is 72.7 cm³/mol. The van der Waals surface area contributed by atoms with Crippen LogP contribution in [0.5, 0.6) is 5.75 Å². The molecule has 1 aromatic rings. The van der Waals surface area contributed by atoms with Crippen molar-refractivity contribution >= 4 is 0 Å². The molecule has 3 rings (SSSR count). The zero-order valence-electron chi connectivity index (χ0n) is 11.7. The van der Waals surface area contributed by atoms with Gasteiger partial charge in [-0.05, 0) is 38.8 Å². The molecular formula is C15H20F2N2O. The molecule has 20 heavy (non-hydrogen) atoms. The normalized spacial score (nSPS) is 26.4. The van der Waals surface area contributed by atoms with Crippen LogP contribution < -0.4 is 10.5 Å². The van der Waals surface area contributed by atoms with E-state index in [2.05, 4.69) is 4.90 Å². The predicted octanol–water partition coefficient (Wildman–Crippen LogP) is 2.24. The van der Waals surface area contributed by atoms with Gasteiger partial charge in [-0.2, -0.15) is 0 Å². The van der Waals surface area contributed by atoms with Crippen LogP contribution in [0.1, 0.15) is 30.0 Å². The summed E-state index contributed by atoms with van der Waals surface area (Å²) in [5.41, 5.74) is 6.76. The van der Waals surface area contributed by atoms with E-state index in [9.17, 15) is 8.78 Å². The molecule has 3 nitrogen and oxygen atoms in total. The summed E-state index contributed by atoms with van der Waals surface area (Å²) < 4.78 is 33.8. The van der Waals surface area contributed by atoms with Gasteiger partial charge in [-0.3, -0.25) is 4.90 Å². The number of likely N-dealkylation sites (tertiary alicyclic amines) is 1. The second-order valence-corrected chi connectivity index (χ2v) is 5.81. The highest BCUT2D eigenvalue weighted by molar-refractivity contribution is 5.46. The average molecular weight is 282 g/mol. The average Bonchev–Trinajstić information content (AvgIpc) is 2.80. The van der Waals surface area contributed by atoms with Crippen molar-refractivity contribution in [1.29, 1.82) is 0 Å². The van der Waals surface area contributed by atoms with Gasteiger partial charge in [0.2, 0.25) is 0 Å². The Bertz CT molecular complexity index is 521. The second kappa shape index (κ2) is 5.30. The molecule has 2 heterocycles. The third-order valence-corrected chi connectivity index (χ3v) is 4.44. The van der Waals surface area contributed by atoms with Crippen molar-refractivity contribution in [2.24, 2.45) is 11.7 Å². The van der Waals surface area contributed by atoms with Crippen molar-refractivity contribution in [1.82, 2.24) is 4.90 Å². The summed E-state index contributed by atoms with van der Waals surface area (Å²) in [7, 11) is 1.96. The number of hydrogen-bond acceptors (Lipinski definition) is 3. The van der Waals surface area contributed by atoms with Gasteiger partial charge in [0.1, 0.15) is 17.4 Å². The molecule has 1 saturated heterocycles. The Morgan fingerprint density at radius 1 is 1.40 bits per heavy atom. The number of halogens is 2. The number of benzene rings is 1. The number of nitrogens with zero attached hydrogens (tertiary/aromatic N) is 1. The minimum atomic E-state index is -0.502. The highest BCUT2D eigenvalue weighted by Gasteiger charge is 2.35. The minimum absolute atomic E-state index is 0.0731. The number of ether oxygens (including phenoxy) is 1. The van der Waals surface area contributed by atoms with Gasteiger partial charge in [0, 0.05) is 29.8 Å². The van der Waals surface area contributed by atoms with Crippen LogP contribution in [0.3, 0.4) is 0 Å². The first kappa shape index (κ1) is 13.8. The Labute approximate surface area is 117 Å². The van der Waals surface area contributed by atoms with Gasteiger partial charge in [-0.1, -0.05) is 0 Å². The van der Waals surface area contributed by atoms with E-state index in [0.29, 0.717) is 42.4 Å². The Morgan fingerprint density at radius 3 is 2.90 bits per heavy atom. The molecule has 0 aromatic heterocycles. The summed E-state index contributed by atoms with van der Waals surface area (Å²) in [5, 5.41) is 0. The van der Waals surface area contributed by atoms with Gasteiger partial charge in [-0.25, -0.2) is 8.78 Å². The first-order chi connectivity index (χ1) is 9.61. The highest BCUT2D eigenvalue weighted by atomic mass is 19.1. The van der Waals surface area contributed by atoms with Crippen LogP contribution in [0.2, 0.25) is 0 Å². The first-order valence-corrected chi connectivity index (χ1v) is 7.15. The summed E-state index contributed by atoms with van der Waals surface area (Å²) in [6.07, 6.45) is 2.19. The number of rotatable bonds is 2. The van der Waals surface area contributed by atoms with Crippen molar-refractivity contribution in [3.8, 4) is 5.75 Å². The molecule has 0 saturated carbocycles. The van der Waals surface area contributed by atoms with Gasteiger partial charge in [0.25, 0.3) is 0 Å². The van der Waals surface area contributed by atoms with E-state index in [0.717, 1.165) is 25.5 Å². The fourth-order valence-corrected chi connectivity index (χ4v) is 3.40. The lowest BCUT2D eigenvalue weighted by Crippen LogP contribution is -2.23. The van der Waals surface area contributed by atoms with E-state index in [1.54, 1.807) is 0 Å².